The molecule has 2 N–H and O–H groups in total. The molecule has 0 saturated heterocycles. The van der Waals surface area contributed by atoms with Crippen LogP contribution in [0.1, 0.15) is 27.9 Å². The Kier molecular flexibility index (Phi) is 5.58. The minimum atomic E-state index is -0.218. The molecule has 2 aromatic carbocycles. The van der Waals surface area contributed by atoms with Crippen LogP contribution in [0.4, 0.5) is 11.4 Å². The first-order valence-electron chi connectivity index (χ1n) is 8.26. The van der Waals surface area contributed by atoms with E-state index in [2.05, 4.69) is 15.6 Å². The highest BCUT2D eigenvalue weighted by molar-refractivity contribution is 7.17. The van der Waals surface area contributed by atoms with Gasteiger partial charge in [-0.25, -0.2) is 4.98 Å². The molecule has 5 nitrogen and oxygen atoms in total. The molecule has 0 aliphatic carbocycles. The van der Waals surface area contributed by atoms with Gasteiger partial charge in [0.1, 0.15) is 9.88 Å². The average Bonchev–Trinajstić information content (AvgIpc) is 2.99. The van der Waals surface area contributed by atoms with E-state index in [0.29, 0.717) is 21.3 Å². The summed E-state index contributed by atoms with van der Waals surface area (Å²) in [7, 11) is 0. The van der Waals surface area contributed by atoms with Gasteiger partial charge in [0, 0.05) is 28.9 Å². The third-order valence-corrected chi connectivity index (χ3v) is 5.31. The summed E-state index contributed by atoms with van der Waals surface area (Å²) in [6.45, 7) is 5.14. The summed E-state index contributed by atoms with van der Waals surface area (Å²) in [5, 5.41) is 7.01. The largest absolute Gasteiger partial charge is 0.326 e. The third-order valence-electron chi connectivity index (χ3n) is 3.87. The SMILES string of the molecule is CC(=O)Nc1ccc(NC(=O)c2sc(-c3cccc(Cl)c3)nc2C)cc1C. The second-order valence-electron chi connectivity index (χ2n) is 6.11. The summed E-state index contributed by atoms with van der Waals surface area (Å²) in [5.41, 5.74) is 3.79. The number of hydrogen-bond donors (Lipinski definition) is 2. The van der Waals surface area contributed by atoms with Crippen LogP contribution in [0.15, 0.2) is 42.5 Å². The normalized spacial score (nSPS) is 10.5. The van der Waals surface area contributed by atoms with Crippen LogP contribution in [0.3, 0.4) is 0 Å². The number of anilines is 2. The number of thiazole rings is 1. The van der Waals surface area contributed by atoms with Crippen molar-refractivity contribution in [2.75, 3.05) is 10.6 Å². The molecular formula is C20H18ClN3O2S. The molecule has 0 saturated carbocycles. The summed E-state index contributed by atoms with van der Waals surface area (Å²) in [4.78, 5) is 28.9. The van der Waals surface area contributed by atoms with Crippen molar-refractivity contribution < 1.29 is 9.59 Å². The lowest BCUT2D eigenvalue weighted by molar-refractivity contribution is -0.114. The highest BCUT2D eigenvalue weighted by atomic mass is 35.5. The molecule has 0 fully saturated rings. The molecule has 0 atom stereocenters. The summed E-state index contributed by atoms with van der Waals surface area (Å²) in [5.74, 6) is -0.353. The molecule has 7 heteroatoms. The van der Waals surface area contributed by atoms with Gasteiger partial charge in [-0.15, -0.1) is 11.3 Å². The summed E-state index contributed by atoms with van der Waals surface area (Å²) in [6.07, 6.45) is 0. The van der Waals surface area contributed by atoms with Gasteiger partial charge in [-0.1, -0.05) is 23.7 Å². The molecule has 27 heavy (non-hydrogen) atoms. The second-order valence-corrected chi connectivity index (χ2v) is 7.54. The van der Waals surface area contributed by atoms with Crippen LogP contribution in [0.2, 0.25) is 5.02 Å². The maximum atomic E-state index is 12.7. The molecule has 138 valence electrons. The van der Waals surface area contributed by atoms with E-state index in [1.165, 1.54) is 18.3 Å². The molecule has 3 aromatic rings. The fraction of sp³-hybridized carbons (Fsp3) is 0.150. The van der Waals surface area contributed by atoms with Crippen molar-refractivity contribution in [2.24, 2.45) is 0 Å². The number of hydrogen-bond acceptors (Lipinski definition) is 4. The predicted molar refractivity (Wildman–Crippen MR) is 111 cm³/mol. The first kappa shape index (κ1) is 19.1. The Morgan fingerprint density at radius 1 is 1.07 bits per heavy atom. The highest BCUT2D eigenvalue weighted by Gasteiger charge is 2.17. The van der Waals surface area contributed by atoms with E-state index in [1.807, 2.05) is 38.1 Å². The molecule has 2 amide bonds. The molecule has 1 heterocycles. The van der Waals surface area contributed by atoms with Gasteiger partial charge in [0.05, 0.1) is 5.69 Å². The van der Waals surface area contributed by atoms with Crippen LogP contribution in [0.5, 0.6) is 0 Å². The van der Waals surface area contributed by atoms with Gasteiger partial charge in [0.2, 0.25) is 5.91 Å². The molecule has 3 rings (SSSR count). The Morgan fingerprint density at radius 3 is 2.52 bits per heavy atom. The Labute approximate surface area is 166 Å². The van der Waals surface area contributed by atoms with Gasteiger partial charge in [-0.2, -0.15) is 0 Å². The number of amides is 2. The molecular weight excluding hydrogens is 382 g/mol. The predicted octanol–water partition coefficient (Wildman–Crippen LogP) is 5.29. The Morgan fingerprint density at radius 2 is 1.85 bits per heavy atom. The van der Waals surface area contributed by atoms with Gasteiger partial charge in [-0.3, -0.25) is 9.59 Å². The van der Waals surface area contributed by atoms with E-state index in [9.17, 15) is 9.59 Å². The molecule has 0 unspecified atom stereocenters. The van der Waals surface area contributed by atoms with E-state index in [0.717, 1.165) is 21.8 Å². The van der Waals surface area contributed by atoms with Crippen molar-refractivity contribution in [3.63, 3.8) is 0 Å². The van der Waals surface area contributed by atoms with E-state index in [1.54, 1.807) is 18.2 Å². The van der Waals surface area contributed by atoms with Crippen molar-refractivity contribution in [3.8, 4) is 10.6 Å². The number of nitrogens with zero attached hydrogens (tertiary/aromatic N) is 1. The zero-order valence-corrected chi connectivity index (χ0v) is 16.7. The van der Waals surface area contributed by atoms with Gasteiger partial charge < -0.3 is 10.6 Å². The lowest BCUT2D eigenvalue weighted by Crippen LogP contribution is -2.12. The lowest BCUT2D eigenvalue weighted by Gasteiger charge is -2.09. The summed E-state index contributed by atoms with van der Waals surface area (Å²) in [6, 6.07) is 12.7. The van der Waals surface area contributed by atoms with Crippen molar-refractivity contribution in [3.05, 3.63) is 63.6 Å². The maximum Gasteiger partial charge on any atom is 0.267 e. The minimum absolute atomic E-state index is 0.135. The standard InChI is InChI=1S/C20H18ClN3O2S/c1-11-9-16(7-8-17(11)23-13(3)25)24-19(26)18-12(2)22-20(27-18)14-5-4-6-15(21)10-14/h4-10H,1-3H3,(H,23,25)(H,24,26). The Balaban J connectivity index is 1.81. The lowest BCUT2D eigenvalue weighted by atomic mass is 10.1. The number of aryl methyl sites for hydroxylation is 2. The van der Waals surface area contributed by atoms with Crippen molar-refractivity contribution in [1.29, 1.82) is 0 Å². The van der Waals surface area contributed by atoms with Gasteiger partial charge in [-0.05, 0) is 49.7 Å². The van der Waals surface area contributed by atoms with E-state index >= 15 is 0 Å². The first-order chi connectivity index (χ1) is 12.8. The van der Waals surface area contributed by atoms with Gasteiger partial charge >= 0.3 is 0 Å². The van der Waals surface area contributed by atoms with E-state index < -0.39 is 0 Å². The minimum Gasteiger partial charge on any atom is -0.326 e. The molecule has 1 aromatic heterocycles. The molecule has 0 radical (unpaired) electrons. The number of aromatic nitrogens is 1. The monoisotopic (exact) mass is 399 g/mol. The third kappa shape index (κ3) is 4.53. The zero-order valence-electron chi connectivity index (χ0n) is 15.1. The average molecular weight is 400 g/mol. The Hall–Kier alpha value is -2.70. The molecule has 0 bridgehead atoms. The number of rotatable bonds is 4. The molecule has 0 aliphatic heterocycles. The van der Waals surface area contributed by atoms with Crippen LogP contribution in [0.25, 0.3) is 10.6 Å². The smallest absolute Gasteiger partial charge is 0.267 e. The topological polar surface area (TPSA) is 71.1 Å². The quantitative estimate of drug-likeness (QED) is 0.626. The van der Waals surface area contributed by atoms with Crippen LogP contribution in [0, 0.1) is 13.8 Å². The summed E-state index contributed by atoms with van der Waals surface area (Å²) >= 11 is 7.37. The second kappa shape index (κ2) is 7.90. The van der Waals surface area contributed by atoms with Crippen molar-refractivity contribution in [1.82, 2.24) is 4.98 Å². The number of nitrogens with one attached hydrogen (secondary N) is 2. The van der Waals surface area contributed by atoms with Crippen LogP contribution in [-0.2, 0) is 4.79 Å². The summed E-state index contributed by atoms with van der Waals surface area (Å²) < 4.78 is 0. The van der Waals surface area contributed by atoms with Gasteiger partial charge in [0.25, 0.3) is 5.91 Å². The van der Waals surface area contributed by atoms with E-state index in [-0.39, 0.29) is 11.8 Å². The number of carbonyl (C=O) groups is 2. The van der Waals surface area contributed by atoms with E-state index in [4.69, 9.17) is 11.6 Å². The van der Waals surface area contributed by atoms with Gasteiger partial charge in [0.15, 0.2) is 0 Å². The van der Waals surface area contributed by atoms with Crippen molar-refractivity contribution in [2.45, 2.75) is 20.8 Å². The fourth-order valence-corrected chi connectivity index (χ4v) is 3.76. The molecule has 0 spiro atoms. The zero-order chi connectivity index (χ0) is 19.6. The maximum absolute atomic E-state index is 12.7. The van der Waals surface area contributed by atoms with Crippen LogP contribution >= 0.6 is 22.9 Å². The number of carbonyl (C=O) groups excluding carboxylic acids is 2. The number of halogens is 1. The number of benzene rings is 2. The van der Waals surface area contributed by atoms with Crippen molar-refractivity contribution >= 4 is 46.1 Å². The Bertz CT molecular complexity index is 1030. The van der Waals surface area contributed by atoms with Crippen LogP contribution in [-0.4, -0.2) is 16.8 Å². The molecule has 0 aliphatic rings. The fourth-order valence-electron chi connectivity index (χ4n) is 2.61. The highest BCUT2D eigenvalue weighted by Crippen LogP contribution is 2.30. The van der Waals surface area contributed by atoms with Crippen LogP contribution < -0.4 is 10.6 Å². The first-order valence-corrected chi connectivity index (χ1v) is 9.46.